The Morgan fingerprint density at radius 1 is 1.29 bits per heavy atom. The molecule has 0 radical (unpaired) electrons. The number of nitrogens with one attached hydrogen (secondary N) is 1. The summed E-state index contributed by atoms with van der Waals surface area (Å²) in [6.45, 7) is 2.47. The van der Waals surface area contributed by atoms with Gasteiger partial charge in [-0.2, -0.15) is 0 Å². The molecule has 2 fully saturated rings. The maximum absolute atomic E-state index is 6.29. The lowest BCUT2D eigenvalue weighted by molar-refractivity contribution is 0.0981. The molecule has 1 aromatic carbocycles. The van der Waals surface area contributed by atoms with E-state index in [0.717, 1.165) is 37.3 Å². The maximum atomic E-state index is 6.29. The lowest BCUT2D eigenvalue weighted by Crippen LogP contribution is -2.16. The van der Waals surface area contributed by atoms with Crippen molar-refractivity contribution < 1.29 is 9.47 Å². The molecule has 3 rings (SSSR count). The van der Waals surface area contributed by atoms with Crippen molar-refractivity contribution in [3.05, 3.63) is 28.8 Å². The molecular weight excluding hydrogens is 286 g/mol. The topological polar surface area (TPSA) is 30.5 Å². The zero-order chi connectivity index (χ0) is 14.5. The van der Waals surface area contributed by atoms with E-state index >= 15 is 0 Å². The van der Waals surface area contributed by atoms with Crippen molar-refractivity contribution in [3.63, 3.8) is 0 Å². The number of hydrogen-bond acceptors (Lipinski definition) is 3. The van der Waals surface area contributed by atoms with E-state index in [1.54, 1.807) is 0 Å². The molecule has 1 saturated carbocycles. The van der Waals surface area contributed by atoms with E-state index in [9.17, 15) is 0 Å². The van der Waals surface area contributed by atoms with Crippen LogP contribution in [0, 0.1) is 0 Å². The normalized spacial score (nSPS) is 21.7. The van der Waals surface area contributed by atoms with Crippen LogP contribution in [0.2, 0.25) is 5.02 Å². The molecule has 0 aromatic heterocycles. The molecule has 1 unspecified atom stereocenters. The van der Waals surface area contributed by atoms with E-state index in [1.807, 2.05) is 12.1 Å². The van der Waals surface area contributed by atoms with Crippen molar-refractivity contribution in [2.24, 2.45) is 0 Å². The van der Waals surface area contributed by atoms with Crippen LogP contribution < -0.4 is 10.1 Å². The molecule has 1 N–H and O–H groups in total. The van der Waals surface area contributed by atoms with Gasteiger partial charge in [-0.3, -0.25) is 0 Å². The fourth-order valence-corrected chi connectivity index (χ4v) is 3.00. The van der Waals surface area contributed by atoms with Gasteiger partial charge in [0, 0.05) is 24.8 Å². The van der Waals surface area contributed by atoms with Crippen molar-refractivity contribution in [1.82, 2.24) is 5.32 Å². The van der Waals surface area contributed by atoms with Crippen molar-refractivity contribution >= 4 is 11.6 Å². The molecule has 3 nitrogen and oxygen atoms in total. The number of rotatable bonds is 8. The molecule has 4 heteroatoms. The molecule has 1 aliphatic carbocycles. The fourth-order valence-electron chi connectivity index (χ4n) is 2.75. The molecule has 116 valence electrons. The molecule has 0 spiro atoms. The minimum absolute atomic E-state index is 0.441. The first kappa shape index (κ1) is 15.1. The minimum Gasteiger partial charge on any atom is -0.492 e. The van der Waals surface area contributed by atoms with E-state index in [1.165, 1.54) is 25.7 Å². The zero-order valence-corrected chi connectivity index (χ0v) is 13.2. The van der Waals surface area contributed by atoms with Gasteiger partial charge in [0.15, 0.2) is 0 Å². The number of ether oxygens (including phenoxy) is 2. The summed E-state index contributed by atoms with van der Waals surface area (Å²) >= 11 is 6.29. The van der Waals surface area contributed by atoms with Gasteiger partial charge in [-0.15, -0.1) is 0 Å². The SMILES string of the molecule is Clc1cccc(CNC2CC2)c1OCCCC1CCCO1. The molecule has 1 aliphatic heterocycles. The molecule has 1 aromatic rings. The molecule has 0 amide bonds. The molecule has 21 heavy (non-hydrogen) atoms. The van der Waals surface area contributed by atoms with Crippen molar-refractivity contribution in [1.29, 1.82) is 0 Å². The van der Waals surface area contributed by atoms with Crippen LogP contribution in [0.1, 0.15) is 44.1 Å². The second kappa shape index (κ2) is 7.48. The maximum Gasteiger partial charge on any atom is 0.142 e. The third-order valence-electron chi connectivity index (χ3n) is 4.15. The van der Waals surface area contributed by atoms with Crippen LogP contribution >= 0.6 is 11.6 Å². The summed E-state index contributed by atoms with van der Waals surface area (Å²) in [5.74, 6) is 0.847. The first-order chi connectivity index (χ1) is 10.3. The number of benzene rings is 1. The van der Waals surface area contributed by atoms with Gasteiger partial charge in [0.05, 0.1) is 17.7 Å². The van der Waals surface area contributed by atoms with Crippen molar-refractivity contribution in [2.75, 3.05) is 13.2 Å². The van der Waals surface area contributed by atoms with E-state index < -0.39 is 0 Å². The van der Waals surface area contributed by atoms with Gasteiger partial charge in [-0.05, 0) is 44.6 Å². The van der Waals surface area contributed by atoms with Gasteiger partial charge < -0.3 is 14.8 Å². The largest absolute Gasteiger partial charge is 0.492 e. The predicted molar refractivity (Wildman–Crippen MR) is 85.0 cm³/mol. The molecule has 1 heterocycles. The van der Waals surface area contributed by atoms with Crippen molar-refractivity contribution in [2.45, 2.75) is 57.2 Å². The number of halogens is 1. The number of para-hydroxylation sites is 1. The minimum atomic E-state index is 0.441. The lowest BCUT2D eigenvalue weighted by Gasteiger charge is -2.14. The summed E-state index contributed by atoms with van der Waals surface area (Å²) in [6.07, 6.45) is 7.52. The lowest BCUT2D eigenvalue weighted by atomic mass is 10.1. The Bertz CT molecular complexity index is 456. The standard InChI is InChI=1S/C17H24ClNO2/c18-16-7-1-4-13(12-19-14-8-9-14)17(16)21-11-3-6-15-5-2-10-20-15/h1,4,7,14-15,19H,2-3,5-6,8-12H2. The molecular formula is C17H24ClNO2. The monoisotopic (exact) mass is 309 g/mol. The molecule has 1 atom stereocenters. The van der Waals surface area contributed by atoms with Gasteiger partial charge in [0.1, 0.15) is 5.75 Å². The second-order valence-corrected chi connectivity index (χ2v) is 6.42. The number of hydrogen-bond donors (Lipinski definition) is 1. The summed E-state index contributed by atoms with van der Waals surface area (Å²) in [4.78, 5) is 0. The molecule has 0 bridgehead atoms. The Morgan fingerprint density at radius 2 is 2.19 bits per heavy atom. The van der Waals surface area contributed by atoms with Crippen LogP contribution in [0.3, 0.4) is 0 Å². The highest BCUT2D eigenvalue weighted by Crippen LogP contribution is 2.30. The summed E-state index contributed by atoms with van der Waals surface area (Å²) in [5, 5.41) is 4.23. The summed E-state index contributed by atoms with van der Waals surface area (Å²) < 4.78 is 11.6. The van der Waals surface area contributed by atoms with Gasteiger partial charge in [0.25, 0.3) is 0 Å². The first-order valence-corrected chi connectivity index (χ1v) is 8.46. The zero-order valence-electron chi connectivity index (χ0n) is 12.4. The third-order valence-corrected chi connectivity index (χ3v) is 4.45. The highest BCUT2D eigenvalue weighted by Gasteiger charge is 2.21. The molecule has 1 saturated heterocycles. The predicted octanol–water partition coefficient (Wildman–Crippen LogP) is 3.93. The summed E-state index contributed by atoms with van der Waals surface area (Å²) in [7, 11) is 0. The van der Waals surface area contributed by atoms with Gasteiger partial charge in [0.2, 0.25) is 0 Å². The van der Waals surface area contributed by atoms with Crippen LogP contribution in [0.4, 0.5) is 0 Å². The Kier molecular flexibility index (Phi) is 5.39. The van der Waals surface area contributed by atoms with E-state index in [4.69, 9.17) is 21.1 Å². The Morgan fingerprint density at radius 3 is 2.95 bits per heavy atom. The van der Waals surface area contributed by atoms with E-state index in [0.29, 0.717) is 23.8 Å². The smallest absolute Gasteiger partial charge is 0.142 e. The quantitative estimate of drug-likeness (QED) is 0.738. The average molecular weight is 310 g/mol. The Labute approximate surface area is 132 Å². The first-order valence-electron chi connectivity index (χ1n) is 8.08. The van der Waals surface area contributed by atoms with Crippen molar-refractivity contribution in [3.8, 4) is 5.75 Å². The second-order valence-electron chi connectivity index (χ2n) is 6.01. The Balaban J connectivity index is 1.47. The highest BCUT2D eigenvalue weighted by atomic mass is 35.5. The third kappa shape index (κ3) is 4.60. The Hall–Kier alpha value is -0.770. The summed E-state index contributed by atoms with van der Waals surface area (Å²) in [6, 6.07) is 6.68. The highest BCUT2D eigenvalue weighted by molar-refractivity contribution is 6.32. The van der Waals surface area contributed by atoms with Crippen LogP contribution in [0.25, 0.3) is 0 Å². The summed E-state index contributed by atoms with van der Waals surface area (Å²) in [5.41, 5.74) is 1.16. The van der Waals surface area contributed by atoms with E-state index in [-0.39, 0.29) is 0 Å². The van der Waals surface area contributed by atoms with Crippen LogP contribution in [0.15, 0.2) is 18.2 Å². The van der Waals surface area contributed by atoms with Crippen LogP contribution in [-0.2, 0) is 11.3 Å². The fraction of sp³-hybridized carbons (Fsp3) is 0.647. The van der Waals surface area contributed by atoms with Crippen LogP contribution in [0.5, 0.6) is 5.75 Å². The van der Waals surface area contributed by atoms with Gasteiger partial charge in [-0.25, -0.2) is 0 Å². The van der Waals surface area contributed by atoms with Crippen LogP contribution in [-0.4, -0.2) is 25.4 Å². The van der Waals surface area contributed by atoms with Gasteiger partial charge in [-0.1, -0.05) is 23.7 Å². The molecule has 2 aliphatic rings. The van der Waals surface area contributed by atoms with Gasteiger partial charge >= 0.3 is 0 Å². The average Bonchev–Trinajstić information content (AvgIpc) is 3.17. The van der Waals surface area contributed by atoms with E-state index in [2.05, 4.69) is 11.4 Å².